The maximum Gasteiger partial charge on any atom is 0.220 e. The highest BCUT2D eigenvalue weighted by atomic mass is 16.5. The summed E-state index contributed by atoms with van der Waals surface area (Å²) in [5.74, 6) is 1.49. The van der Waals surface area contributed by atoms with Gasteiger partial charge in [-0.25, -0.2) is 0 Å². The summed E-state index contributed by atoms with van der Waals surface area (Å²) in [5.41, 5.74) is 0. The van der Waals surface area contributed by atoms with Gasteiger partial charge in [0.15, 0.2) is 0 Å². The second-order valence-corrected chi connectivity index (χ2v) is 7.49. The van der Waals surface area contributed by atoms with Crippen LogP contribution in [0.4, 0.5) is 0 Å². The Balaban J connectivity index is 1.26. The van der Waals surface area contributed by atoms with Gasteiger partial charge in [0.25, 0.3) is 0 Å². The molecule has 0 radical (unpaired) electrons. The van der Waals surface area contributed by atoms with Gasteiger partial charge in [-0.3, -0.25) is 4.79 Å². The number of carbonyl (C=O) groups excluding carboxylic acids is 1. The second-order valence-electron chi connectivity index (χ2n) is 7.49. The second kappa shape index (κ2) is 8.30. The number of rotatable bonds is 6. The fourth-order valence-electron chi connectivity index (χ4n) is 4.37. The minimum Gasteiger partial charge on any atom is -0.381 e. The van der Waals surface area contributed by atoms with Crippen LogP contribution in [0.15, 0.2) is 0 Å². The van der Waals surface area contributed by atoms with E-state index in [-0.39, 0.29) is 5.91 Å². The third-order valence-electron chi connectivity index (χ3n) is 5.86. The lowest BCUT2D eigenvalue weighted by atomic mass is 9.92. The molecule has 1 saturated carbocycles. The quantitative estimate of drug-likeness (QED) is 0.820. The number of nitrogens with zero attached hydrogens (tertiary/aromatic N) is 1. The van der Waals surface area contributed by atoms with Crippen LogP contribution in [0.5, 0.6) is 0 Å². The first-order valence-electron chi connectivity index (χ1n) is 9.40. The largest absolute Gasteiger partial charge is 0.381 e. The number of amides is 1. The highest BCUT2D eigenvalue weighted by Gasteiger charge is 2.27. The summed E-state index contributed by atoms with van der Waals surface area (Å²) in [5, 5.41) is 3.12. The Morgan fingerprint density at radius 1 is 1.05 bits per heavy atom. The van der Waals surface area contributed by atoms with Crippen LogP contribution in [0.25, 0.3) is 0 Å². The SMILES string of the molecule is O=C(C[C@H]1CCOC1)NCCC1CCN(C2CCCC2)CC1. The molecule has 126 valence electrons. The number of carbonyl (C=O) groups is 1. The highest BCUT2D eigenvalue weighted by Crippen LogP contribution is 2.28. The maximum absolute atomic E-state index is 11.9. The summed E-state index contributed by atoms with van der Waals surface area (Å²) >= 11 is 0. The van der Waals surface area contributed by atoms with E-state index < -0.39 is 0 Å². The zero-order chi connectivity index (χ0) is 15.2. The van der Waals surface area contributed by atoms with Crippen LogP contribution in [-0.2, 0) is 9.53 Å². The molecule has 2 aliphatic heterocycles. The van der Waals surface area contributed by atoms with Crippen molar-refractivity contribution < 1.29 is 9.53 Å². The average molecular weight is 308 g/mol. The van der Waals surface area contributed by atoms with Crippen molar-refractivity contribution in [2.75, 3.05) is 32.8 Å². The van der Waals surface area contributed by atoms with Crippen molar-refractivity contribution in [3.63, 3.8) is 0 Å². The summed E-state index contributed by atoms with van der Waals surface area (Å²) in [7, 11) is 0. The first-order valence-corrected chi connectivity index (χ1v) is 9.40. The first-order chi connectivity index (χ1) is 10.8. The van der Waals surface area contributed by atoms with Gasteiger partial charge in [-0.1, -0.05) is 12.8 Å². The minimum absolute atomic E-state index is 0.221. The molecule has 0 spiro atoms. The minimum atomic E-state index is 0.221. The zero-order valence-corrected chi connectivity index (χ0v) is 13.9. The van der Waals surface area contributed by atoms with E-state index >= 15 is 0 Å². The van der Waals surface area contributed by atoms with Gasteiger partial charge in [0, 0.05) is 32.2 Å². The molecule has 3 rings (SSSR count). The van der Waals surface area contributed by atoms with Crippen molar-refractivity contribution in [1.29, 1.82) is 0 Å². The van der Waals surface area contributed by atoms with E-state index in [0.29, 0.717) is 12.3 Å². The van der Waals surface area contributed by atoms with Crippen molar-refractivity contribution in [2.24, 2.45) is 11.8 Å². The van der Waals surface area contributed by atoms with Crippen LogP contribution in [0.1, 0.15) is 57.8 Å². The topological polar surface area (TPSA) is 41.6 Å². The van der Waals surface area contributed by atoms with Gasteiger partial charge in [0.2, 0.25) is 5.91 Å². The number of hydrogen-bond donors (Lipinski definition) is 1. The number of likely N-dealkylation sites (tertiary alicyclic amines) is 1. The normalized spacial score (nSPS) is 28.3. The molecule has 0 aromatic heterocycles. The lowest BCUT2D eigenvalue weighted by Gasteiger charge is -2.36. The number of hydrogen-bond acceptors (Lipinski definition) is 3. The summed E-state index contributed by atoms with van der Waals surface area (Å²) in [6.07, 6.45) is 11.2. The van der Waals surface area contributed by atoms with E-state index in [1.165, 1.54) is 51.6 Å². The van der Waals surface area contributed by atoms with E-state index in [2.05, 4.69) is 10.2 Å². The van der Waals surface area contributed by atoms with Gasteiger partial charge in [-0.15, -0.1) is 0 Å². The molecular weight excluding hydrogens is 276 g/mol. The smallest absolute Gasteiger partial charge is 0.220 e. The fraction of sp³-hybridized carbons (Fsp3) is 0.944. The third-order valence-corrected chi connectivity index (χ3v) is 5.86. The first kappa shape index (κ1) is 16.3. The van der Waals surface area contributed by atoms with Gasteiger partial charge < -0.3 is 15.0 Å². The Hall–Kier alpha value is -0.610. The Morgan fingerprint density at radius 3 is 2.50 bits per heavy atom. The predicted molar refractivity (Wildman–Crippen MR) is 87.7 cm³/mol. The Morgan fingerprint density at radius 2 is 1.82 bits per heavy atom. The molecule has 1 N–H and O–H groups in total. The highest BCUT2D eigenvalue weighted by molar-refractivity contribution is 5.76. The molecule has 4 nitrogen and oxygen atoms in total. The average Bonchev–Trinajstić information content (AvgIpc) is 3.21. The van der Waals surface area contributed by atoms with Crippen LogP contribution in [-0.4, -0.2) is 49.7 Å². The monoisotopic (exact) mass is 308 g/mol. The van der Waals surface area contributed by atoms with E-state index in [1.807, 2.05) is 0 Å². The van der Waals surface area contributed by atoms with Crippen LogP contribution >= 0.6 is 0 Å². The molecule has 3 aliphatic rings. The summed E-state index contributed by atoms with van der Waals surface area (Å²) < 4.78 is 5.33. The predicted octanol–water partition coefficient (Wildman–Crippen LogP) is 2.57. The molecule has 4 heteroatoms. The Labute approximate surface area is 135 Å². The van der Waals surface area contributed by atoms with E-state index in [1.54, 1.807) is 0 Å². The summed E-state index contributed by atoms with van der Waals surface area (Å²) in [6, 6.07) is 0.884. The molecule has 1 amide bonds. The lowest BCUT2D eigenvalue weighted by molar-refractivity contribution is -0.122. The van der Waals surface area contributed by atoms with Gasteiger partial charge in [-0.2, -0.15) is 0 Å². The molecular formula is C18H32N2O2. The van der Waals surface area contributed by atoms with Crippen LogP contribution in [0.3, 0.4) is 0 Å². The van der Waals surface area contributed by atoms with Gasteiger partial charge in [-0.05, 0) is 63.5 Å². The van der Waals surface area contributed by atoms with Gasteiger partial charge in [0.1, 0.15) is 0 Å². The lowest BCUT2D eigenvalue weighted by Crippen LogP contribution is -2.40. The molecule has 2 heterocycles. The Bertz CT molecular complexity index is 341. The van der Waals surface area contributed by atoms with Crippen molar-refractivity contribution in [3.05, 3.63) is 0 Å². The van der Waals surface area contributed by atoms with Crippen molar-refractivity contribution in [3.8, 4) is 0 Å². The number of nitrogens with one attached hydrogen (secondary N) is 1. The molecule has 3 fully saturated rings. The number of piperidine rings is 1. The van der Waals surface area contributed by atoms with E-state index in [9.17, 15) is 4.79 Å². The molecule has 0 bridgehead atoms. The van der Waals surface area contributed by atoms with Crippen molar-refractivity contribution in [2.45, 2.75) is 63.8 Å². The summed E-state index contributed by atoms with van der Waals surface area (Å²) in [4.78, 5) is 14.6. The zero-order valence-electron chi connectivity index (χ0n) is 13.9. The molecule has 0 unspecified atom stereocenters. The molecule has 1 atom stereocenters. The van der Waals surface area contributed by atoms with Crippen LogP contribution in [0, 0.1) is 11.8 Å². The number of ether oxygens (including phenoxy) is 1. The third kappa shape index (κ3) is 4.69. The standard InChI is InChI=1S/C18H32N2O2/c21-18(13-16-8-12-22-14-16)19-9-5-15-6-10-20(11-7-15)17-3-1-2-4-17/h15-17H,1-14H2,(H,19,21)/t16-/m1/s1. The molecule has 0 aromatic rings. The van der Waals surface area contributed by atoms with Gasteiger partial charge >= 0.3 is 0 Å². The van der Waals surface area contributed by atoms with E-state index in [0.717, 1.165) is 44.6 Å². The van der Waals surface area contributed by atoms with Crippen LogP contribution in [0.2, 0.25) is 0 Å². The van der Waals surface area contributed by atoms with Gasteiger partial charge in [0.05, 0.1) is 0 Å². The molecule has 2 saturated heterocycles. The molecule has 0 aromatic carbocycles. The molecule has 22 heavy (non-hydrogen) atoms. The summed E-state index contributed by atoms with van der Waals surface area (Å²) in [6.45, 7) is 5.02. The van der Waals surface area contributed by atoms with E-state index in [4.69, 9.17) is 4.74 Å². The van der Waals surface area contributed by atoms with Crippen molar-refractivity contribution >= 4 is 5.91 Å². The fourth-order valence-corrected chi connectivity index (χ4v) is 4.37. The van der Waals surface area contributed by atoms with Crippen molar-refractivity contribution in [1.82, 2.24) is 10.2 Å². The van der Waals surface area contributed by atoms with Crippen LogP contribution < -0.4 is 5.32 Å². The maximum atomic E-state index is 11.9. The Kier molecular flexibility index (Phi) is 6.13. The molecule has 1 aliphatic carbocycles.